The van der Waals surface area contributed by atoms with Crippen molar-refractivity contribution in [1.29, 1.82) is 0 Å². The Bertz CT molecular complexity index is 567. The van der Waals surface area contributed by atoms with Gasteiger partial charge in [0, 0.05) is 24.8 Å². The van der Waals surface area contributed by atoms with Crippen LogP contribution in [0.4, 0.5) is 10.1 Å². The van der Waals surface area contributed by atoms with E-state index in [0.29, 0.717) is 0 Å². The molecular formula is C16H16FNO. The third kappa shape index (κ3) is 2.34. The third-order valence-electron chi connectivity index (χ3n) is 3.64. The number of nitrogens with one attached hydrogen (secondary N) is 1. The SMILES string of the molecule is CO[C@@H]1C[C@@H](c2ccc(F)cc2)Nc2ccccc21. The highest BCUT2D eigenvalue weighted by molar-refractivity contribution is 5.56. The van der Waals surface area contributed by atoms with Crippen molar-refractivity contribution < 1.29 is 9.13 Å². The number of anilines is 1. The molecule has 1 heterocycles. The van der Waals surface area contributed by atoms with Crippen molar-refractivity contribution in [2.24, 2.45) is 0 Å². The molecule has 98 valence electrons. The van der Waals surface area contributed by atoms with E-state index >= 15 is 0 Å². The highest BCUT2D eigenvalue weighted by atomic mass is 19.1. The number of hydrogen-bond acceptors (Lipinski definition) is 2. The van der Waals surface area contributed by atoms with Crippen molar-refractivity contribution in [3.63, 3.8) is 0 Å². The van der Waals surface area contributed by atoms with Gasteiger partial charge in [-0.3, -0.25) is 0 Å². The van der Waals surface area contributed by atoms with Gasteiger partial charge in [0.25, 0.3) is 0 Å². The quantitative estimate of drug-likeness (QED) is 0.875. The third-order valence-corrected chi connectivity index (χ3v) is 3.64. The molecule has 2 nitrogen and oxygen atoms in total. The van der Waals surface area contributed by atoms with E-state index in [1.54, 1.807) is 7.11 Å². The van der Waals surface area contributed by atoms with Gasteiger partial charge in [0.05, 0.1) is 12.1 Å². The molecule has 2 atom stereocenters. The lowest BCUT2D eigenvalue weighted by Crippen LogP contribution is -2.22. The van der Waals surface area contributed by atoms with Gasteiger partial charge in [-0.2, -0.15) is 0 Å². The summed E-state index contributed by atoms with van der Waals surface area (Å²) in [5.74, 6) is -0.205. The average Bonchev–Trinajstić information content (AvgIpc) is 2.47. The molecule has 0 amide bonds. The summed E-state index contributed by atoms with van der Waals surface area (Å²) in [5.41, 5.74) is 3.36. The Kier molecular flexibility index (Phi) is 3.22. The standard InChI is InChI=1S/C16H16FNO/c1-19-16-10-15(11-6-8-12(17)9-7-11)18-14-5-3-2-4-13(14)16/h2-9,15-16,18H,10H2,1H3/t15-,16+/m0/s1. The number of rotatable bonds is 2. The molecule has 0 saturated heterocycles. The van der Waals surface area contributed by atoms with Crippen LogP contribution in [0, 0.1) is 5.82 Å². The van der Waals surface area contributed by atoms with E-state index in [2.05, 4.69) is 17.4 Å². The molecule has 2 aromatic carbocycles. The van der Waals surface area contributed by atoms with E-state index in [1.165, 1.54) is 17.7 Å². The first kappa shape index (κ1) is 12.2. The topological polar surface area (TPSA) is 21.3 Å². The van der Waals surface area contributed by atoms with E-state index in [9.17, 15) is 4.39 Å². The highest BCUT2D eigenvalue weighted by Crippen LogP contribution is 2.40. The molecule has 0 aliphatic carbocycles. The number of halogens is 1. The van der Waals surface area contributed by atoms with Crippen LogP contribution < -0.4 is 5.32 Å². The van der Waals surface area contributed by atoms with Crippen LogP contribution >= 0.6 is 0 Å². The second-order valence-electron chi connectivity index (χ2n) is 4.80. The van der Waals surface area contributed by atoms with Gasteiger partial charge in [0.2, 0.25) is 0 Å². The predicted molar refractivity (Wildman–Crippen MR) is 73.6 cm³/mol. The van der Waals surface area contributed by atoms with E-state index in [4.69, 9.17) is 4.74 Å². The second kappa shape index (κ2) is 5.02. The van der Waals surface area contributed by atoms with Gasteiger partial charge >= 0.3 is 0 Å². The lowest BCUT2D eigenvalue weighted by molar-refractivity contribution is 0.0879. The number of benzene rings is 2. The summed E-state index contributed by atoms with van der Waals surface area (Å²) < 4.78 is 18.6. The Morgan fingerprint density at radius 1 is 1.11 bits per heavy atom. The van der Waals surface area contributed by atoms with Gasteiger partial charge in [-0.1, -0.05) is 30.3 Å². The zero-order chi connectivity index (χ0) is 13.2. The lowest BCUT2D eigenvalue weighted by atomic mass is 9.91. The summed E-state index contributed by atoms with van der Waals surface area (Å²) in [5, 5.41) is 3.49. The average molecular weight is 257 g/mol. The first-order valence-electron chi connectivity index (χ1n) is 6.41. The van der Waals surface area contributed by atoms with Crippen molar-refractivity contribution >= 4 is 5.69 Å². The molecule has 0 saturated carbocycles. The number of para-hydroxylation sites is 1. The predicted octanol–water partition coefficient (Wildman–Crippen LogP) is 4.07. The number of methoxy groups -OCH3 is 1. The van der Waals surface area contributed by atoms with Gasteiger partial charge in [0.15, 0.2) is 0 Å². The molecule has 3 rings (SSSR count). The molecule has 1 N–H and O–H groups in total. The van der Waals surface area contributed by atoms with Crippen LogP contribution in [0.1, 0.15) is 29.7 Å². The number of fused-ring (bicyclic) bond motifs is 1. The fourth-order valence-electron chi connectivity index (χ4n) is 2.63. The summed E-state index contributed by atoms with van der Waals surface area (Å²) >= 11 is 0. The molecule has 0 unspecified atom stereocenters. The van der Waals surface area contributed by atoms with Crippen LogP contribution in [0.3, 0.4) is 0 Å². The Hall–Kier alpha value is -1.87. The van der Waals surface area contributed by atoms with Gasteiger partial charge in [-0.25, -0.2) is 4.39 Å². The molecule has 0 radical (unpaired) electrons. The van der Waals surface area contributed by atoms with E-state index < -0.39 is 0 Å². The Morgan fingerprint density at radius 3 is 2.58 bits per heavy atom. The first-order valence-corrected chi connectivity index (χ1v) is 6.41. The zero-order valence-electron chi connectivity index (χ0n) is 10.8. The van der Waals surface area contributed by atoms with Crippen LogP contribution in [0.5, 0.6) is 0 Å². The fraction of sp³-hybridized carbons (Fsp3) is 0.250. The van der Waals surface area contributed by atoms with Crippen molar-refractivity contribution in [2.75, 3.05) is 12.4 Å². The molecular weight excluding hydrogens is 241 g/mol. The van der Waals surface area contributed by atoms with Crippen LogP contribution in [-0.2, 0) is 4.74 Å². The maximum atomic E-state index is 13.0. The Labute approximate surface area is 112 Å². The van der Waals surface area contributed by atoms with Gasteiger partial charge in [0.1, 0.15) is 5.82 Å². The minimum atomic E-state index is -0.205. The summed E-state index contributed by atoms with van der Waals surface area (Å²) in [6, 6.07) is 15.0. The highest BCUT2D eigenvalue weighted by Gasteiger charge is 2.26. The zero-order valence-corrected chi connectivity index (χ0v) is 10.8. The van der Waals surface area contributed by atoms with Gasteiger partial charge in [-0.05, 0) is 23.8 Å². The minimum absolute atomic E-state index is 0.0764. The molecule has 0 fully saturated rings. The van der Waals surface area contributed by atoms with Crippen LogP contribution in [0.15, 0.2) is 48.5 Å². The van der Waals surface area contributed by atoms with Crippen LogP contribution in [0.2, 0.25) is 0 Å². The summed E-state index contributed by atoms with van der Waals surface area (Å²) in [6.07, 6.45) is 0.923. The second-order valence-corrected chi connectivity index (χ2v) is 4.80. The number of ether oxygens (including phenoxy) is 1. The lowest BCUT2D eigenvalue weighted by Gasteiger charge is -2.32. The van der Waals surface area contributed by atoms with E-state index in [0.717, 1.165) is 17.7 Å². The van der Waals surface area contributed by atoms with Crippen molar-refractivity contribution in [3.8, 4) is 0 Å². The Morgan fingerprint density at radius 2 is 1.84 bits per heavy atom. The van der Waals surface area contributed by atoms with Gasteiger partial charge in [-0.15, -0.1) is 0 Å². The molecule has 0 bridgehead atoms. The maximum Gasteiger partial charge on any atom is 0.123 e. The smallest absolute Gasteiger partial charge is 0.123 e. The Balaban J connectivity index is 1.93. The van der Waals surface area contributed by atoms with Crippen molar-refractivity contribution in [3.05, 3.63) is 65.5 Å². The van der Waals surface area contributed by atoms with Crippen molar-refractivity contribution in [2.45, 2.75) is 18.6 Å². The largest absolute Gasteiger partial charge is 0.378 e. The summed E-state index contributed by atoms with van der Waals surface area (Å²) in [6.45, 7) is 0. The molecule has 2 aromatic rings. The monoisotopic (exact) mass is 257 g/mol. The fourth-order valence-corrected chi connectivity index (χ4v) is 2.63. The van der Waals surface area contributed by atoms with Crippen LogP contribution in [-0.4, -0.2) is 7.11 Å². The normalized spacial score (nSPS) is 21.6. The molecule has 0 spiro atoms. The summed E-state index contributed by atoms with van der Waals surface area (Å²) in [7, 11) is 1.73. The molecule has 0 aromatic heterocycles. The van der Waals surface area contributed by atoms with Gasteiger partial charge < -0.3 is 10.1 Å². The van der Waals surface area contributed by atoms with Crippen LogP contribution in [0.25, 0.3) is 0 Å². The molecule has 3 heteroatoms. The molecule has 1 aliphatic rings. The number of hydrogen-bond donors (Lipinski definition) is 1. The maximum absolute atomic E-state index is 13.0. The first-order chi connectivity index (χ1) is 9.28. The minimum Gasteiger partial charge on any atom is -0.378 e. The molecule has 1 aliphatic heterocycles. The molecule has 19 heavy (non-hydrogen) atoms. The van der Waals surface area contributed by atoms with E-state index in [1.807, 2.05) is 24.3 Å². The van der Waals surface area contributed by atoms with E-state index in [-0.39, 0.29) is 18.0 Å². The summed E-state index contributed by atoms with van der Waals surface area (Å²) in [4.78, 5) is 0. The van der Waals surface area contributed by atoms with Crippen molar-refractivity contribution in [1.82, 2.24) is 0 Å².